The molecule has 1 aliphatic heterocycles. The van der Waals surface area contributed by atoms with Crippen LogP contribution in [-0.4, -0.2) is 38.1 Å². The molecule has 9 heavy (non-hydrogen) atoms. The van der Waals surface area contributed by atoms with Crippen LogP contribution in [0.4, 0.5) is 0 Å². The van der Waals surface area contributed by atoms with Gasteiger partial charge in [-0.15, -0.1) is 12.8 Å². The topological polar surface area (TPSA) is 15.3 Å². The molecule has 0 amide bonds. The molecule has 1 N–H and O–H groups in total. The highest BCUT2D eigenvalue weighted by atomic mass is 15.2. The first kappa shape index (κ1) is 8.48. The molecule has 1 aliphatic rings. The summed E-state index contributed by atoms with van der Waals surface area (Å²) < 4.78 is 0. The van der Waals surface area contributed by atoms with Crippen molar-refractivity contribution < 1.29 is 1.43 Å². The first-order valence-corrected chi connectivity index (χ1v) is 3.12. The van der Waals surface area contributed by atoms with E-state index >= 15 is 0 Å². The predicted molar refractivity (Wildman–Crippen MR) is 42.4 cm³/mol. The Morgan fingerprint density at radius 2 is 1.78 bits per heavy atom. The van der Waals surface area contributed by atoms with Crippen LogP contribution < -0.4 is 5.32 Å². The van der Waals surface area contributed by atoms with Crippen molar-refractivity contribution in [3.05, 3.63) is 0 Å². The van der Waals surface area contributed by atoms with Gasteiger partial charge in [0, 0.05) is 27.6 Å². The SMILES string of the molecule is C#C.CN1CCNCC1.[HH]. The maximum absolute atomic E-state index is 4.00. The average Bonchev–Trinajstić information content (AvgIpc) is 1.94. The van der Waals surface area contributed by atoms with Crippen molar-refractivity contribution in [1.29, 1.82) is 0 Å². The Kier molecular flexibility index (Phi) is 5.29. The summed E-state index contributed by atoms with van der Waals surface area (Å²) in [5.41, 5.74) is 0. The smallest absolute Gasteiger partial charge is 0.0104 e. The Hall–Kier alpha value is -0.520. The summed E-state index contributed by atoms with van der Waals surface area (Å²) in [4.78, 5) is 2.33. The molecule has 1 heterocycles. The van der Waals surface area contributed by atoms with E-state index in [1.165, 1.54) is 13.1 Å². The third-order valence-electron chi connectivity index (χ3n) is 1.34. The zero-order valence-corrected chi connectivity index (χ0v) is 5.93. The van der Waals surface area contributed by atoms with E-state index in [-0.39, 0.29) is 1.43 Å². The Balaban J connectivity index is 0. The number of nitrogens with zero attached hydrogens (tertiary/aromatic N) is 1. The quantitative estimate of drug-likeness (QED) is 0.463. The number of nitrogens with one attached hydrogen (secondary N) is 1. The van der Waals surface area contributed by atoms with E-state index in [2.05, 4.69) is 30.1 Å². The molecule has 0 bridgehead atoms. The summed E-state index contributed by atoms with van der Waals surface area (Å²) in [5, 5.41) is 3.27. The maximum atomic E-state index is 4.00. The average molecular weight is 128 g/mol. The van der Waals surface area contributed by atoms with Crippen molar-refractivity contribution in [1.82, 2.24) is 10.2 Å². The van der Waals surface area contributed by atoms with E-state index in [1.54, 1.807) is 0 Å². The first-order valence-electron chi connectivity index (χ1n) is 3.12. The van der Waals surface area contributed by atoms with E-state index in [0.29, 0.717) is 0 Å². The molecule has 54 valence electrons. The Morgan fingerprint density at radius 1 is 1.33 bits per heavy atom. The molecule has 0 spiro atoms. The van der Waals surface area contributed by atoms with Gasteiger partial charge < -0.3 is 10.2 Å². The van der Waals surface area contributed by atoms with Crippen molar-refractivity contribution >= 4 is 0 Å². The molecule has 1 rings (SSSR count). The molecular formula is C7H16N2. The Labute approximate surface area is 58.7 Å². The van der Waals surface area contributed by atoms with Crippen molar-refractivity contribution in [2.24, 2.45) is 0 Å². The van der Waals surface area contributed by atoms with Gasteiger partial charge in [0.15, 0.2) is 0 Å². The van der Waals surface area contributed by atoms with Crippen molar-refractivity contribution in [2.75, 3.05) is 33.2 Å². The summed E-state index contributed by atoms with van der Waals surface area (Å²) >= 11 is 0. The van der Waals surface area contributed by atoms with Gasteiger partial charge in [-0.2, -0.15) is 0 Å². The van der Waals surface area contributed by atoms with Gasteiger partial charge in [-0.3, -0.25) is 0 Å². The highest BCUT2D eigenvalue weighted by Gasteiger charge is 2.01. The monoisotopic (exact) mass is 128 g/mol. The van der Waals surface area contributed by atoms with E-state index in [4.69, 9.17) is 0 Å². The zero-order valence-electron chi connectivity index (χ0n) is 5.93. The number of terminal acetylenes is 1. The van der Waals surface area contributed by atoms with Crippen LogP contribution in [0.15, 0.2) is 0 Å². The van der Waals surface area contributed by atoms with Crippen LogP contribution >= 0.6 is 0 Å². The second kappa shape index (κ2) is 5.61. The second-order valence-corrected chi connectivity index (χ2v) is 2.05. The van der Waals surface area contributed by atoms with Crippen LogP contribution in [0, 0.1) is 12.8 Å². The maximum Gasteiger partial charge on any atom is 0.0104 e. The van der Waals surface area contributed by atoms with E-state index < -0.39 is 0 Å². The molecule has 0 radical (unpaired) electrons. The van der Waals surface area contributed by atoms with Crippen molar-refractivity contribution in [3.63, 3.8) is 0 Å². The molecule has 1 fully saturated rings. The van der Waals surface area contributed by atoms with Gasteiger partial charge in [-0.25, -0.2) is 0 Å². The third kappa shape index (κ3) is 4.01. The number of rotatable bonds is 0. The second-order valence-electron chi connectivity index (χ2n) is 2.05. The third-order valence-corrected chi connectivity index (χ3v) is 1.34. The lowest BCUT2D eigenvalue weighted by Gasteiger charge is -2.21. The van der Waals surface area contributed by atoms with Crippen LogP contribution in [0.5, 0.6) is 0 Å². The van der Waals surface area contributed by atoms with Gasteiger partial charge in [0.05, 0.1) is 0 Å². The van der Waals surface area contributed by atoms with Gasteiger partial charge in [0.2, 0.25) is 0 Å². The lowest BCUT2D eigenvalue weighted by molar-refractivity contribution is 0.291. The molecule has 0 saturated carbocycles. The first-order chi connectivity index (χ1) is 4.39. The van der Waals surface area contributed by atoms with E-state index in [9.17, 15) is 0 Å². The van der Waals surface area contributed by atoms with Crippen molar-refractivity contribution in [3.8, 4) is 12.8 Å². The zero-order chi connectivity index (χ0) is 7.11. The molecule has 0 aromatic heterocycles. The Morgan fingerprint density at radius 3 is 2.00 bits per heavy atom. The number of hydrogen-bond donors (Lipinski definition) is 1. The summed E-state index contributed by atoms with van der Waals surface area (Å²) in [6.07, 6.45) is 8.00. The fourth-order valence-corrected chi connectivity index (χ4v) is 0.777. The molecule has 1 saturated heterocycles. The lowest BCUT2D eigenvalue weighted by Crippen LogP contribution is -2.40. The molecule has 0 aromatic carbocycles. The fourth-order valence-electron chi connectivity index (χ4n) is 0.777. The summed E-state index contributed by atoms with van der Waals surface area (Å²) in [5.74, 6) is 0. The van der Waals surface area contributed by atoms with Crippen LogP contribution in [-0.2, 0) is 0 Å². The molecule has 0 unspecified atom stereocenters. The summed E-state index contributed by atoms with van der Waals surface area (Å²) in [6, 6.07) is 0. The minimum atomic E-state index is 0. The van der Waals surface area contributed by atoms with Gasteiger partial charge in [-0.1, -0.05) is 0 Å². The van der Waals surface area contributed by atoms with Crippen LogP contribution in [0.1, 0.15) is 1.43 Å². The van der Waals surface area contributed by atoms with Gasteiger partial charge in [0.25, 0.3) is 0 Å². The van der Waals surface area contributed by atoms with Crippen LogP contribution in [0.3, 0.4) is 0 Å². The van der Waals surface area contributed by atoms with Gasteiger partial charge in [0.1, 0.15) is 0 Å². The predicted octanol–water partition coefficient (Wildman–Crippen LogP) is 0.0168. The summed E-state index contributed by atoms with van der Waals surface area (Å²) in [7, 11) is 2.15. The molecular weight excluding hydrogens is 112 g/mol. The fraction of sp³-hybridized carbons (Fsp3) is 0.714. The minimum absolute atomic E-state index is 0. The molecule has 0 aliphatic carbocycles. The van der Waals surface area contributed by atoms with E-state index in [1.807, 2.05) is 0 Å². The largest absolute Gasteiger partial charge is 0.314 e. The number of hydrogen-bond acceptors (Lipinski definition) is 2. The minimum Gasteiger partial charge on any atom is -0.314 e. The summed E-state index contributed by atoms with van der Waals surface area (Å²) in [6.45, 7) is 4.74. The van der Waals surface area contributed by atoms with E-state index in [0.717, 1.165) is 13.1 Å². The number of piperazine rings is 1. The Bertz CT molecular complexity index is 76.9. The standard InChI is InChI=1S/C5H12N2.C2H2.H2/c1-7-4-2-6-3-5-7;1-2;/h6H,2-5H2,1H3;1-2H;1H. The highest BCUT2D eigenvalue weighted by molar-refractivity contribution is 4.62. The van der Waals surface area contributed by atoms with Gasteiger partial charge in [-0.05, 0) is 7.05 Å². The highest BCUT2D eigenvalue weighted by Crippen LogP contribution is 1.82. The van der Waals surface area contributed by atoms with Crippen LogP contribution in [0.2, 0.25) is 0 Å². The van der Waals surface area contributed by atoms with Crippen LogP contribution in [0.25, 0.3) is 0 Å². The van der Waals surface area contributed by atoms with Crippen molar-refractivity contribution in [2.45, 2.75) is 0 Å². The molecule has 0 atom stereocenters. The normalized spacial score (nSPS) is 19.9. The number of likely N-dealkylation sites (N-methyl/N-ethyl adjacent to an activating group) is 1. The van der Waals surface area contributed by atoms with Gasteiger partial charge >= 0.3 is 0 Å². The lowest BCUT2D eigenvalue weighted by atomic mass is 10.4. The molecule has 0 aromatic rings. The molecule has 2 nitrogen and oxygen atoms in total. The molecule has 2 heteroatoms.